The molecule has 7 heteroatoms. The summed E-state index contributed by atoms with van der Waals surface area (Å²) in [6.07, 6.45) is 0.826. The second kappa shape index (κ2) is 11.6. The number of aliphatic hydroxyl groups excluding tert-OH is 1. The van der Waals surface area contributed by atoms with Crippen LogP contribution < -0.4 is 10.1 Å². The molecular weight excluding hydrogens is 491 g/mol. The number of carbonyl (C=O) groups is 1. The molecule has 0 bridgehead atoms. The standard InChI is InChI=1S/C30H32ClFN2O3/c31-26-18-23(9-14-28(26)37-25-12-13-25)30(36)27(19-34-15-1-2-16-34)33-29(35)17-20-3-5-21(6-4-20)22-7-10-24(32)11-8-22/h3-11,14,18,25,27,30,36H,1-2,12-13,15-17,19H2,(H,33,35)/t27-,30-/m1/s1/i17D2. The Kier molecular flexibility index (Phi) is 7.30. The van der Waals surface area contributed by atoms with E-state index in [0.717, 1.165) is 49.9 Å². The van der Waals surface area contributed by atoms with Crippen molar-refractivity contribution in [3.05, 3.63) is 88.7 Å². The maximum atomic E-state index is 13.3. The predicted octanol–water partition coefficient (Wildman–Crippen LogP) is 5.54. The summed E-state index contributed by atoms with van der Waals surface area (Å²) in [6.45, 7) is 2.09. The molecule has 0 aromatic heterocycles. The van der Waals surface area contributed by atoms with Crippen LogP contribution in [-0.4, -0.2) is 47.7 Å². The molecule has 5 nitrogen and oxygen atoms in total. The molecule has 2 aliphatic rings. The van der Waals surface area contributed by atoms with Crippen molar-refractivity contribution >= 4 is 17.5 Å². The molecule has 3 aromatic carbocycles. The number of hydrogen-bond acceptors (Lipinski definition) is 4. The molecule has 1 aliphatic heterocycles. The van der Waals surface area contributed by atoms with Gasteiger partial charge in [0.2, 0.25) is 5.91 Å². The fourth-order valence-electron chi connectivity index (χ4n) is 4.59. The Morgan fingerprint density at radius 3 is 2.35 bits per heavy atom. The number of halogens is 2. The number of nitrogens with one attached hydrogen (secondary N) is 1. The Labute approximate surface area is 225 Å². The molecule has 0 radical (unpaired) electrons. The average molecular weight is 525 g/mol. The van der Waals surface area contributed by atoms with Gasteiger partial charge < -0.3 is 20.1 Å². The van der Waals surface area contributed by atoms with E-state index < -0.39 is 24.4 Å². The highest BCUT2D eigenvalue weighted by molar-refractivity contribution is 6.32. The molecule has 5 rings (SSSR count). The third kappa shape index (κ3) is 6.89. The number of nitrogens with zero attached hydrogens (tertiary/aromatic N) is 1. The first kappa shape index (κ1) is 23.2. The third-order valence-corrected chi connectivity index (χ3v) is 7.08. The molecule has 1 heterocycles. The SMILES string of the molecule is [2H]C([2H])(C(=O)N[C@H](CN1CCCC1)[C@H](O)c1ccc(OC2CC2)c(Cl)c1)c1ccc(-c2ccc(F)cc2)cc1. The van der Waals surface area contributed by atoms with Gasteiger partial charge in [0.1, 0.15) is 17.7 Å². The van der Waals surface area contributed by atoms with Gasteiger partial charge in [-0.15, -0.1) is 0 Å². The Morgan fingerprint density at radius 2 is 1.73 bits per heavy atom. The number of amides is 1. The van der Waals surface area contributed by atoms with Crippen LogP contribution in [0.1, 0.15) is 45.7 Å². The molecule has 2 N–H and O–H groups in total. The van der Waals surface area contributed by atoms with Gasteiger partial charge in [0.15, 0.2) is 0 Å². The zero-order valence-electron chi connectivity index (χ0n) is 22.5. The van der Waals surface area contributed by atoms with E-state index in [0.29, 0.717) is 22.9 Å². The van der Waals surface area contributed by atoms with Gasteiger partial charge in [-0.2, -0.15) is 0 Å². The number of benzene rings is 3. The molecule has 3 aromatic rings. The van der Waals surface area contributed by atoms with Crippen molar-refractivity contribution in [2.45, 2.75) is 50.3 Å². The lowest BCUT2D eigenvalue weighted by Gasteiger charge is -2.29. The number of likely N-dealkylation sites (tertiary alicyclic amines) is 1. The van der Waals surface area contributed by atoms with E-state index in [1.165, 1.54) is 12.1 Å². The molecule has 2 atom stereocenters. The molecule has 1 saturated heterocycles. The van der Waals surface area contributed by atoms with Crippen LogP contribution in [0.15, 0.2) is 66.7 Å². The predicted molar refractivity (Wildman–Crippen MR) is 143 cm³/mol. The molecule has 1 saturated carbocycles. The van der Waals surface area contributed by atoms with Crippen molar-refractivity contribution < 1.29 is 21.8 Å². The molecule has 0 spiro atoms. The van der Waals surface area contributed by atoms with Crippen LogP contribution in [0.25, 0.3) is 11.1 Å². The lowest BCUT2D eigenvalue weighted by atomic mass is 10.00. The lowest BCUT2D eigenvalue weighted by Crippen LogP contribution is -2.47. The fourth-order valence-corrected chi connectivity index (χ4v) is 4.82. The lowest BCUT2D eigenvalue weighted by molar-refractivity contribution is -0.122. The molecule has 37 heavy (non-hydrogen) atoms. The first-order valence-corrected chi connectivity index (χ1v) is 13.1. The Balaban J connectivity index is 1.33. The van der Waals surface area contributed by atoms with Crippen molar-refractivity contribution in [3.63, 3.8) is 0 Å². The molecule has 194 valence electrons. The van der Waals surface area contributed by atoms with Crippen molar-refractivity contribution in [1.82, 2.24) is 10.2 Å². The summed E-state index contributed by atoms with van der Waals surface area (Å²) in [6, 6.07) is 16.9. The summed E-state index contributed by atoms with van der Waals surface area (Å²) in [4.78, 5) is 15.5. The van der Waals surface area contributed by atoms with Crippen LogP contribution in [-0.2, 0) is 11.2 Å². The van der Waals surface area contributed by atoms with Crippen LogP contribution in [0, 0.1) is 5.82 Å². The monoisotopic (exact) mass is 524 g/mol. The van der Waals surface area contributed by atoms with Gasteiger partial charge in [-0.3, -0.25) is 4.79 Å². The maximum Gasteiger partial charge on any atom is 0.224 e. The van der Waals surface area contributed by atoms with Gasteiger partial charge in [0.05, 0.1) is 23.5 Å². The van der Waals surface area contributed by atoms with Crippen molar-refractivity contribution in [1.29, 1.82) is 0 Å². The molecule has 1 amide bonds. The van der Waals surface area contributed by atoms with Gasteiger partial charge in [0, 0.05) is 9.29 Å². The highest BCUT2D eigenvalue weighted by atomic mass is 35.5. The van der Waals surface area contributed by atoms with Crippen LogP contribution >= 0.6 is 11.6 Å². The molecule has 0 unspecified atom stereocenters. The third-order valence-electron chi connectivity index (χ3n) is 6.79. The van der Waals surface area contributed by atoms with Crippen molar-refractivity contribution in [2.24, 2.45) is 0 Å². The normalized spacial score (nSPS) is 18.6. The number of aliphatic hydroxyl groups is 1. The summed E-state index contributed by atoms with van der Waals surface area (Å²) >= 11 is 6.43. The zero-order valence-corrected chi connectivity index (χ0v) is 21.3. The van der Waals surface area contributed by atoms with Gasteiger partial charge in [-0.05, 0) is 85.3 Å². The van der Waals surface area contributed by atoms with E-state index in [2.05, 4.69) is 10.2 Å². The number of ether oxygens (including phenoxy) is 1. The minimum Gasteiger partial charge on any atom is -0.489 e. The smallest absolute Gasteiger partial charge is 0.224 e. The first-order valence-electron chi connectivity index (χ1n) is 13.7. The topological polar surface area (TPSA) is 61.8 Å². The Morgan fingerprint density at radius 1 is 1.08 bits per heavy atom. The Bertz CT molecular complexity index is 1300. The first-order chi connectivity index (χ1) is 18.7. The van der Waals surface area contributed by atoms with Gasteiger partial charge in [-0.25, -0.2) is 4.39 Å². The Hall–Kier alpha value is -2.93. The molecule has 1 aliphatic carbocycles. The van der Waals surface area contributed by atoms with Gasteiger partial charge >= 0.3 is 0 Å². The van der Waals surface area contributed by atoms with E-state index in [1.54, 1.807) is 54.6 Å². The van der Waals surface area contributed by atoms with Gasteiger partial charge in [-0.1, -0.05) is 54.1 Å². The zero-order chi connectivity index (χ0) is 27.6. The summed E-state index contributed by atoms with van der Waals surface area (Å²) in [5.41, 5.74) is 2.28. The van der Waals surface area contributed by atoms with Gasteiger partial charge in [0.25, 0.3) is 0 Å². The van der Waals surface area contributed by atoms with Crippen molar-refractivity contribution in [3.8, 4) is 16.9 Å². The maximum absolute atomic E-state index is 13.3. The summed E-state index contributed by atoms with van der Waals surface area (Å²) < 4.78 is 36.3. The highest BCUT2D eigenvalue weighted by Crippen LogP contribution is 2.34. The number of carbonyl (C=O) groups excluding carboxylic acids is 1. The largest absolute Gasteiger partial charge is 0.489 e. The van der Waals surface area contributed by atoms with E-state index in [9.17, 15) is 14.3 Å². The molecule has 2 fully saturated rings. The minimum atomic E-state index is -2.34. The molecular formula is C30H32ClFN2O3. The van der Waals surface area contributed by atoms with Crippen LogP contribution in [0.5, 0.6) is 5.75 Å². The fraction of sp³-hybridized carbons (Fsp3) is 0.367. The quantitative estimate of drug-likeness (QED) is 0.365. The summed E-state index contributed by atoms with van der Waals surface area (Å²) in [7, 11) is 0. The minimum absolute atomic E-state index is 0.185. The number of hydrogen-bond donors (Lipinski definition) is 2. The average Bonchev–Trinajstić information content (AvgIpc) is 3.61. The van der Waals surface area contributed by atoms with Crippen LogP contribution in [0.3, 0.4) is 0 Å². The van der Waals surface area contributed by atoms with E-state index in [1.807, 2.05) is 0 Å². The summed E-state index contributed by atoms with van der Waals surface area (Å²) in [5.74, 6) is -0.602. The van der Waals surface area contributed by atoms with Crippen LogP contribution in [0.4, 0.5) is 4.39 Å². The van der Waals surface area contributed by atoms with E-state index >= 15 is 0 Å². The highest BCUT2D eigenvalue weighted by Gasteiger charge is 2.28. The van der Waals surface area contributed by atoms with E-state index in [4.69, 9.17) is 19.1 Å². The number of rotatable bonds is 10. The second-order valence-corrected chi connectivity index (χ2v) is 10.2. The summed E-state index contributed by atoms with van der Waals surface area (Å²) in [5, 5.41) is 14.5. The van der Waals surface area contributed by atoms with Crippen molar-refractivity contribution in [2.75, 3.05) is 19.6 Å². The second-order valence-electron chi connectivity index (χ2n) is 9.75. The van der Waals surface area contributed by atoms with E-state index in [-0.39, 0.29) is 17.5 Å². The van der Waals surface area contributed by atoms with Crippen LogP contribution in [0.2, 0.25) is 5.02 Å².